The number of esters is 1. The number of methoxy groups -OCH3 is 2. The molecule has 0 aromatic rings. The zero-order chi connectivity index (χ0) is 21.6. The lowest BCUT2D eigenvalue weighted by molar-refractivity contribution is -0.406. The molecule has 0 aromatic heterocycles. The predicted molar refractivity (Wildman–Crippen MR) is 114 cm³/mol. The number of cyclic esters (lactones) is 1. The van der Waals surface area contributed by atoms with Gasteiger partial charge in [0.05, 0.1) is 0 Å². The highest BCUT2D eigenvalue weighted by molar-refractivity contribution is 5.75. The van der Waals surface area contributed by atoms with Gasteiger partial charge in [-0.25, -0.2) is 4.79 Å². The van der Waals surface area contributed by atoms with Crippen LogP contribution in [0.4, 0.5) is 0 Å². The van der Waals surface area contributed by atoms with Crippen molar-refractivity contribution < 1.29 is 23.7 Å². The summed E-state index contributed by atoms with van der Waals surface area (Å²) in [6, 6.07) is 0. The molecule has 1 aliphatic heterocycles. The van der Waals surface area contributed by atoms with Crippen LogP contribution < -0.4 is 0 Å². The summed E-state index contributed by atoms with van der Waals surface area (Å²) >= 11 is 0. The van der Waals surface area contributed by atoms with Crippen molar-refractivity contribution in [2.75, 3.05) is 14.2 Å². The highest BCUT2D eigenvalue weighted by atomic mass is 16.8. The molecule has 1 aliphatic rings. The first-order valence-corrected chi connectivity index (χ1v) is 10.5. The fraction of sp³-hybridized carbons (Fsp3) is 0.708. The van der Waals surface area contributed by atoms with Crippen LogP contribution in [0.1, 0.15) is 78.6 Å². The first kappa shape index (κ1) is 25.2. The van der Waals surface area contributed by atoms with Crippen LogP contribution in [0, 0.1) is 23.7 Å². The fourth-order valence-electron chi connectivity index (χ4n) is 2.94. The van der Waals surface area contributed by atoms with Gasteiger partial charge in [-0.3, -0.25) is 0 Å². The van der Waals surface area contributed by atoms with Crippen molar-refractivity contribution in [3.05, 3.63) is 12.2 Å². The Labute approximate surface area is 176 Å². The van der Waals surface area contributed by atoms with Gasteiger partial charge in [-0.1, -0.05) is 56.3 Å². The Kier molecular flexibility index (Phi) is 11.7. The van der Waals surface area contributed by atoms with E-state index in [1.54, 1.807) is 19.9 Å². The molecule has 0 aliphatic carbocycles. The molecule has 3 unspecified atom stereocenters. The van der Waals surface area contributed by atoms with Crippen LogP contribution in [-0.4, -0.2) is 37.9 Å². The molecule has 0 bridgehead atoms. The van der Waals surface area contributed by atoms with Crippen LogP contribution in [0.25, 0.3) is 0 Å². The first-order valence-electron chi connectivity index (χ1n) is 10.5. The smallest absolute Gasteiger partial charge is 0.338 e. The Bertz CT molecular complexity index is 648. The van der Waals surface area contributed by atoms with Gasteiger partial charge in [0.25, 0.3) is 5.79 Å². The maximum absolute atomic E-state index is 12.2. The molecular formula is C24H36O5. The minimum atomic E-state index is -1.27. The number of carbonyl (C=O) groups excluding carboxylic acids is 1. The lowest BCUT2D eigenvalue weighted by Crippen LogP contribution is -2.64. The molecule has 0 radical (unpaired) electrons. The highest BCUT2D eigenvalue weighted by Gasteiger charge is 2.57. The van der Waals surface area contributed by atoms with E-state index in [0.29, 0.717) is 6.42 Å². The Morgan fingerprint density at radius 1 is 0.931 bits per heavy atom. The van der Waals surface area contributed by atoms with E-state index in [9.17, 15) is 4.79 Å². The largest absolute Gasteiger partial charge is 0.425 e. The molecule has 1 saturated heterocycles. The Hall–Kier alpha value is -1.79. The Balaban J connectivity index is 2.25. The van der Waals surface area contributed by atoms with Crippen molar-refractivity contribution >= 4 is 5.97 Å². The summed E-state index contributed by atoms with van der Waals surface area (Å²) in [5, 5.41) is 0. The molecule has 0 aromatic carbocycles. The van der Waals surface area contributed by atoms with E-state index in [-0.39, 0.29) is 0 Å². The lowest BCUT2D eigenvalue weighted by atomic mass is 10.0. The van der Waals surface area contributed by atoms with Crippen LogP contribution in [0.2, 0.25) is 0 Å². The molecule has 29 heavy (non-hydrogen) atoms. The van der Waals surface area contributed by atoms with E-state index >= 15 is 0 Å². The van der Waals surface area contributed by atoms with Crippen LogP contribution in [-0.2, 0) is 23.7 Å². The van der Waals surface area contributed by atoms with E-state index < -0.39 is 23.6 Å². The topological polar surface area (TPSA) is 54.0 Å². The summed E-state index contributed by atoms with van der Waals surface area (Å²) in [7, 11) is 2.98. The molecular weight excluding hydrogens is 368 g/mol. The maximum atomic E-state index is 12.2. The van der Waals surface area contributed by atoms with Gasteiger partial charge in [-0.15, -0.1) is 0 Å². The molecule has 3 atom stereocenters. The van der Waals surface area contributed by atoms with Gasteiger partial charge in [0.15, 0.2) is 6.10 Å². The average Bonchev–Trinajstić information content (AvgIpc) is 2.71. The molecule has 5 nitrogen and oxygen atoms in total. The molecule has 162 valence electrons. The summed E-state index contributed by atoms with van der Waals surface area (Å²) in [4.78, 5) is 12.2. The van der Waals surface area contributed by atoms with E-state index in [2.05, 4.69) is 30.6 Å². The van der Waals surface area contributed by atoms with Crippen molar-refractivity contribution in [1.29, 1.82) is 0 Å². The van der Waals surface area contributed by atoms with Gasteiger partial charge in [-0.2, -0.15) is 0 Å². The van der Waals surface area contributed by atoms with Gasteiger partial charge in [-0.05, 0) is 38.3 Å². The quantitative estimate of drug-likeness (QED) is 0.299. The number of carbonyl (C=O) groups is 1. The number of unbranched alkanes of at least 4 members (excludes halogenated alkanes) is 6. The molecule has 0 amide bonds. The average molecular weight is 405 g/mol. The summed E-state index contributed by atoms with van der Waals surface area (Å²) in [5.74, 6) is 9.44. The SMILES string of the molecule is CCCCCC#C/C=C\C#CCCCCCC1OC(C)(OC)C(C)(OC)OC1=O. The monoisotopic (exact) mass is 404 g/mol. The van der Waals surface area contributed by atoms with Gasteiger partial charge < -0.3 is 18.9 Å². The van der Waals surface area contributed by atoms with Crippen molar-refractivity contribution in [2.24, 2.45) is 0 Å². The van der Waals surface area contributed by atoms with Crippen molar-refractivity contribution in [1.82, 2.24) is 0 Å². The fourth-order valence-corrected chi connectivity index (χ4v) is 2.94. The number of hydrogen-bond acceptors (Lipinski definition) is 5. The van der Waals surface area contributed by atoms with E-state index in [1.807, 2.05) is 6.08 Å². The highest BCUT2D eigenvalue weighted by Crippen LogP contribution is 2.38. The van der Waals surface area contributed by atoms with Crippen molar-refractivity contribution in [3.63, 3.8) is 0 Å². The number of rotatable bonds is 10. The number of allylic oxidation sites excluding steroid dienone is 2. The second kappa shape index (κ2) is 13.4. The maximum Gasteiger partial charge on any atom is 0.338 e. The van der Waals surface area contributed by atoms with Crippen molar-refractivity contribution in [2.45, 2.75) is 96.2 Å². The van der Waals surface area contributed by atoms with Crippen LogP contribution >= 0.6 is 0 Å². The molecule has 1 heterocycles. The van der Waals surface area contributed by atoms with Gasteiger partial charge in [0.2, 0.25) is 5.79 Å². The second-order valence-electron chi connectivity index (χ2n) is 7.36. The zero-order valence-electron chi connectivity index (χ0n) is 18.6. The molecule has 0 saturated carbocycles. The van der Waals surface area contributed by atoms with E-state index in [0.717, 1.165) is 32.1 Å². The lowest BCUT2D eigenvalue weighted by Gasteiger charge is -2.47. The predicted octanol–water partition coefficient (Wildman–Crippen LogP) is 4.75. The summed E-state index contributed by atoms with van der Waals surface area (Å²) in [6.45, 7) is 5.54. The summed E-state index contributed by atoms with van der Waals surface area (Å²) < 4.78 is 22.1. The van der Waals surface area contributed by atoms with E-state index in [4.69, 9.17) is 18.9 Å². The normalized spacial score (nSPS) is 26.4. The van der Waals surface area contributed by atoms with Gasteiger partial charge in [0, 0.05) is 34.0 Å². The van der Waals surface area contributed by atoms with Crippen LogP contribution in [0.15, 0.2) is 12.2 Å². The number of hydrogen-bond donors (Lipinski definition) is 0. The van der Waals surface area contributed by atoms with E-state index in [1.165, 1.54) is 33.5 Å². The summed E-state index contributed by atoms with van der Waals surface area (Å²) in [5.41, 5.74) is 0. The van der Waals surface area contributed by atoms with Crippen molar-refractivity contribution in [3.8, 4) is 23.7 Å². The minimum absolute atomic E-state index is 0.412. The standard InChI is InChI=1S/C24H36O5/c1-6-7-8-9-10-11-12-13-14-15-16-17-18-19-20-21-22(25)29-24(3,27-5)23(2,26-4)28-21/h12-13,21H,6-9,16-20H2,1-5H3/b13-12-. The minimum Gasteiger partial charge on any atom is -0.425 e. The third-order valence-corrected chi connectivity index (χ3v) is 5.16. The summed E-state index contributed by atoms with van der Waals surface area (Å²) in [6.07, 6.45) is 11.8. The molecule has 0 spiro atoms. The molecule has 5 heteroatoms. The molecule has 0 N–H and O–H groups in total. The van der Waals surface area contributed by atoms with Crippen LogP contribution in [0.5, 0.6) is 0 Å². The zero-order valence-corrected chi connectivity index (χ0v) is 18.6. The Morgan fingerprint density at radius 2 is 1.52 bits per heavy atom. The third kappa shape index (κ3) is 8.23. The number of ether oxygens (including phenoxy) is 4. The third-order valence-electron chi connectivity index (χ3n) is 5.16. The van der Waals surface area contributed by atoms with Gasteiger partial charge >= 0.3 is 5.97 Å². The molecule has 1 rings (SSSR count). The first-order chi connectivity index (χ1) is 13.9. The Morgan fingerprint density at radius 3 is 2.07 bits per heavy atom. The van der Waals surface area contributed by atoms with Crippen LogP contribution in [0.3, 0.4) is 0 Å². The van der Waals surface area contributed by atoms with Gasteiger partial charge in [0.1, 0.15) is 0 Å². The molecule has 1 fully saturated rings. The second-order valence-corrected chi connectivity index (χ2v) is 7.36.